The molecule has 4 heterocycles. The van der Waals surface area contributed by atoms with Crippen LogP contribution in [0.5, 0.6) is 0 Å². The van der Waals surface area contributed by atoms with Crippen molar-refractivity contribution in [3.63, 3.8) is 0 Å². The fraction of sp³-hybridized carbons (Fsp3) is 0.261. The second kappa shape index (κ2) is 6.67. The molecule has 1 fully saturated rings. The van der Waals surface area contributed by atoms with Gasteiger partial charge in [0.25, 0.3) is 5.56 Å². The van der Waals surface area contributed by atoms with Gasteiger partial charge in [0.05, 0.1) is 23.2 Å². The minimum absolute atomic E-state index is 0.0120. The van der Waals surface area contributed by atoms with Gasteiger partial charge in [-0.2, -0.15) is 4.98 Å². The van der Waals surface area contributed by atoms with E-state index in [4.69, 9.17) is 0 Å². The van der Waals surface area contributed by atoms with Crippen LogP contribution in [0.3, 0.4) is 0 Å². The van der Waals surface area contributed by atoms with E-state index < -0.39 is 21.1 Å². The van der Waals surface area contributed by atoms with Gasteiger partial charge < -0.3 is 4.57 Å². The fourth-order valence-electron chi connectivity index (χ4n) is 4.89. The number of sulfone groups is 1. The Morgan fingerprint density at radius 3 is 2.48 bits per heavy atom. The van der Waals surface area contributed by atoms with Gasteiger partial charge in [0.1, 0.15) is 0 Å². The van der Waals surface area contributed by atoms with Crippen molar-refractivity contribution in [2.45, 2.75) is 12.5 Å². The number of imidazole rings is 2. The van der Waals surface area contributed by atoms with Crippen molar-refractivity contribution in [3.8, 4) is 11.3 Å². The van der Waals surface area contributed by atoms with Gasteiger partial charge in [-0.3, -0.25) is 18.3 Å². The predicted octanol–water partition coefficient (Wildman–Crippen LogP) is 1.87. The van der Waals surface area contributed by atoms with Crippen LogP contribution in [-0.2, 0) is 23.9 Å². The summed E-state index contributed by atoms with van der Waals surface area (Å²) in [5, 5.41) is 2.16. The molecule has 0 aliphatic carbocycles. The third kappa shape index (κ3) is 2.83. The predicted molar refractivity (Wildman–Crippen MR) is 126 cm³/mol. The highest BCUT2D eigenvalue weighted by Gasteiger charge is 2.33. The lowest BCUT2D eigenvalue weighted by molar-refractivity contribution is 0.571. The van der Waals surface area contributed by atoms with Crippen LogP contribution in [0.15, 0.2) is 58.3 Å². The lowest BCUT2D eigenvalue weighted by Gasteiger charge is -2.15. The maximum Gasteiger partial charge on any atom is 0.332 e. The summed E-state index contributed by atoms with van der Waals surface area (Å²) in [6.07, 6.45) is 2.29. The smallest absolute Gasteiger partial charge is 0.305 e. The van der Waals surface area contributed by atoms with E-state index >= 15 is 0 Å². The molecule has 0 unspecified atom stereocenters. The van der Waals surface area contributed by atoms with E-state index in [9.17, 15) is 18.0 Å². The van der Waals surface area contributed by atoms with Crippen molar-refractivity contribution >= 4 is 37.6 Å². The zero-order chi connectivity index (χ0) is 23.1. The summed E-state index contributed by atoms with van der Waals surface area (Å²) in [6.45, 7) is 0. The second-order valence-electron chi connectivity index (χ2n) is 8.66. The van der Waals surface area contributed by atoms with Crippen LogP contribution in [0.2, 0.25) is 0 Å². The molecule has 33 heavy (non-hydrogen) atoms. The third-order valence-corrected chi connectivity index (χ3v) is 8.37. The van der Waals surface area contributed by atoms with Crippen molar-refractivity contribution < 1.29 is 8.42 Å². The maximum atomic E-state index is 13.0. The van der Waals surface area contributed by atoms with Crippen molar-refractivity contribution in [2.24, 2.45) is 14.1 Å². The van der Waals surface area contributed by atoms with Crippen LogP contribution in [0.25, 0.3) is 39.0 Å². The van der Waals surface area contributed by atoms with E-state index in [1.807, 2.05) is 47.2 Å². The number of nitrogens with zero attached hydrogens (tertiary/aromatic N) is 5. The summed E-state index contributed by atoms with van der Waals surface area (Å²) in [4.78, 5) is 30.1. The van der Waals surface area contributed by atoms with Gasteiger partial charge >= 0.3 is 5.69 Å². The van der Waals surface area contributed by atoms with Gasteiger partial charge in [-0.1, -0.05) is 36.4 Å². The molecule has 1 atom stereocenters. The summed E-state index contributed by atoms with van der Waals surface area (Å²) in [6, 6.07) is 13.8. The minimum atomic E-state index is -3.16. The molecule has 2 aromatic carbocycles. The number of hydrogen-bond acceptors (Lipinski definition) is 5. The first-order chi connectivity index (χ1) is 15.7. The lowest BCUT2D eigenvalue weighted by Crippen LogP contribution is -2.37. The summed E-state index contributed by atoms with van der Waals surface area (Å²) < 4.78 is 30.7. The van der Waals surface area contributed by atoms with E-state index in [-0.39, 0.29) is 28.7 Å². The molecule has 0 radical (unpaired) electrons. The highest BCUT2D eigenvalue weighted by molar-refractivity contribution is 7.91. The van der Waals surface area contributed by atoms with Crippen LogP contribution in [-0.4, -0.2) is 43.0 Å². The van der Waals surface area contributed by atoms with Gasteiger partial charge in [0, 0.05) is 25.9 Å². The molecular formula is C23H21N5O4S. The monoisotopic (exact) mass is 463 g/mol. The molecule has 6 rings (SSSR count). The summed E-state index contributed by atoms with van der Waals surface area (Å²) in [7, 11) is -0.149. The molecule has 9 nitrogen and oxygen atoms in total. The third-order valence-electron chi connectivity index (χ3n) is 6.62. The Morgan fingerprint density at radius 1 is 1.00 bits per heavy atom. The molecule has 1 aliphatic heterocycles. The molecule has 0 amide bonds. The van der Waals surface area contributed by atoms with E-state index in [0.29, 0.717) is 12.2 Å². The minimum Gasteiger partial charge on any atom is -0.305 e. The van der Waals surface area contributed by atoms with Crippen molar-refractivity contribution in [3.05, 3.63) is 69.5 Å². The average Bonchev–Trinajstić information content (AvgIpc) is 3.46. The molecule has 5 aromatic rings. The molecule has 0 saturated carbocycles. The number of aromatic nitrogens is 5. The molecule has 168 valence electrons. The van der Waals surface area contributed by atoms with Crippen LogP contribution in [0, 0.1) is 0 Å². The van der Waals surface area contributed by atoms with Gasteiger partial charge in [-0.15, -0.1) is 0 Å². The average molecular weight is 464 g/mol. The summed E-state index contributed by atoms with van der Waals surface area (Å²) in [5.74, 6) is 0.575. The highest BCUT2D eigenvalue weighted by Crippen LogP contribution is 2.34. The number of hydrogen-bond donors (Lipinski definition) is 0. The Hall–Kier alpha value is -3.66. The molecule has 3 aromatic heterocycles. The van der Waals surface area contributed by atoms with Gasteiger partial charge in [-0.05, 0) is 23.3 Å². The lowest BCUT2D eigenvalue weighted by atomic mass is 10.0. The van der Waals surface area contributed by atoms with Crippen LogP contribution in [0.1, 0.15) is 12.5 Å². The quantitative estimate of drug-likeness (QED) is 0.398. The Labute approximate surface area is 188 Å². The highest BCUT2D eigenvalue weighted by atomic mass is 32.2. The van der Waals surface area contributed by atoms with E-state index in [2.05, 4.69) is 11.1 Å². The largest absolute Gasteiger partial charge is 0.332 e. The molecule has 1 aliphatic rings. The first-order valence-electron chi connectivity index (χ1n) is 10.6. The molecular weight excluding hydrogens is 442 g/mol. The van der Waals surface area contributed by atoms with Crippen LogP contribution >= 0.6 is 0 Å². The van der Waals surface area contributed by atoms with Crippen LogP contribution in [0.4, 0.5) is 0 Å². The topological polar surface area (TPSA) is 100 Å². The Kier molecular flexibility index (Phi) is 4.04. The molecule has 1 saturated heterocycles. The van der Waals surface area contributed by atoms with Gasteiger partial charge in [0.2, 0.25) is 5.78 Å². The SMILES string of the molecule is Cn1c(=O)c2c(nc3n([C@@H]4CCS(=O)(=O)C4)c(-c4ccc5ccccc5c4)cn23)n(C)c1=O. The normalized spacial score (nSPS) is 18.1. The molecule has 0 bridgehead atoms. The molecule has 0 N–H and O–H groups in total. The van der Waals surface area contributed by atoms with E-state index in [1.54, 1.807) is 11.4 Å². The van der Waals surface area contributed by atoms with Crippen LogP contribution < -0.4 is 11.2 Å². The first-order valence-corrected chi connectivity index (χ1v) is 12.5. The van der Waals surface area contributed by atoms with Gasteiger partial charge in [-0.25, -0.2) is 13.2 Å². The van der Waals surface area contributed by atoms with Crippen molar-refractivity contribution in [1.82, 2.24) is 23.1 Å². The summed E-state index contributed by atoms with van der Waals surface area (Å²) in [5.41, 5.74) is 1.34. The van der Waals surface area contributed by atoms with Gasteiger partial charge in [0.15, 0.2) is 21.0 Å². The number of benzene rings is 2. The standard InChI is InChI=1S/C23H21N5O4S/c1-25-20-19(21(29)26(2)23(25)30)27-12-18(16-8-7-14-5-3-4-6-15(14)11-16)28(22(27)24-20)17-9-10-33(31,32)13-17/h3-8,11-12,17H,9-10,13H2,1-2H3/t17-/m1/s1. The Morgan fingerprint density at radius 2 is 1.76 bits per heavy atom. The number of rotatable bonds is 2. The summed E-state index contributed by atoms with van der Waals surface area (Å²) >= 11 is 0. The van der Waals surface area contributed by atoms with E-state index in [0.717, 1.165) is 26.6 Å². The molecule has 0 spiro atoms. The zero-order valence-electron chi connectivity index (χ0n) is 18.1. The Bertz CT molecular complexity index is 1840. The second-order valence-corrected chi connectivity index (χ2v) is 10.9. The fourth-order valence-corrected chi connectivity index (χ4v) is 6.59. The Balaban J connectivity index is 1.72. The maximum absolute atomic E-state index is 13.0. The number of fused-ring (bicyclic) bond motifs is 4. The molecule has 10 heteroatoms. The first kappa shape index (κ1) is 20.0. The van der Waals surface area contributed by atoms with E-state index in [1.165, 1.54) is 11.6 Å². The van der Waals surface area contributed by atoms with Crippen molar-refractivity contribution in [1.29, 1.82) is 0 Å². The number of aryl methyl sites for hydroxylation is 1. The van der Waals surface area contributed by atoms with Crippen molar-refractivity contribution in [2.75, 3.05) is 11.5 Å². The zero-order valence-corrected chi connectivity index (χ0v) is 18.9.